The van der Waals surface area contributed by atoms with Crippen LogP contribution >= 0.6 is 0 Å². The van der Waals surface area contributed by atoms with Crippen LogP contribution in [0.1, 0.15) is 39.0 Å². The molecule has 0 saturated carbocycles. The molecule has 0 aromatic rings. The summed E-state index contributed by atoms with van der Waals surface area (Å²) < 4.78 is 34.9. The van der Waals surface area contributed by atoms with Gasteiger partial charge in [0.1, 0.15) is 0 Å². The van der Waals surface area contributed by atoms with Crippen molar-refractivity contribution in [2.45, 2.75) is 51.2 Å². The molecule has 2 aliphatic heterocycles. The number of nitrogens with one attached hydrogen (secondary N) is 1. The van der Waals surface area contributed by atoms with Gasteiger partial charge in [0.2, 0.25) is 0 Å². The first-order chi connectivity index (χ1) is 10.1. The SMILES string of the molecule is CCOC1CCCN(S(=O)(=O)N2CCCCC2CNC)C1. The zero-order chi connectivity index (χ0) is 15.3. The molecule has 0 amide bonds. The molecule has 2 atom stereocenters. The molecule has 124 valence electrons. The molecule has 2 saturated heterocycles. The van der Waals surface area contributed by atoms with Crippen LogP contribution in [0.2, 0.25) is 0 Å². The highest BCUT2D eigenvalue weighted by atomic mass is 32.2. The van der Waals surface area contributed by atoms with Gasteiger partial charge in [-0.1, -0.05) is 6.42 Å². The van der Waals surface area contributed by atoms with E-state index in [4.69, 9.17) is 4.74 Å². The van der Waals surface area contributed by atoms with Gasteiger partial charge in [-0.2, -0.15) is 17.0 Å². The van der Waals surface area contributed by atoms with E-state index < -0.39 is 10.2 Å². The largest absolute Gasteiger partial charge is 0.377 e. The van der Waals surface area contributed by atoms with Gasteiger partial charge in [-0.25, -0.2) is 0 Å². The fourth-order valence-corrected chi connectivity index (χ4v) is 5.28. The molecule has 1 N–H and O–H groups in total. The lowest BCUT2D eigenvalue weighted by molar-refractivity contribution is 0.0244. The normalized spacial score (nSPS) is 29.6. The Hall–Kier alpha value is -0.210. The minimum absolute atomic E-state index is 0.0473. The second-order valence-electron chi connectivity index (χ2n) is 5.90. The standard InChI is InChI=1S/C14H29N3O3S/c1-3-20-14-8-6-9-16(12-14)21(18,19)17-10-5-4-7-13(17)11-15-2/h13-15H,3-12H2,1-2H3. The minimum Gasteiger partial charge on any atom is -0.377 e. The summed E-state index contributed by atoms with van der Waals surface area (Å²) in [7, 11) is -1.48. The summed E-state index contributed by atoms with van der Waals surface area (Å²) >= 11 is 0. The van der Waals surface area contributed by atoms with E-state index >= 15 is 0 Å². The van der Waals surface area contributed by atoms with Crippen molar-refractivity contribution >= 4 is 10.2 Å². The third-order valence-electron chi connectivity index (χ3n) is 4.38. The lowest BCUT2D eigenvalue weighted by Gasteiger charge is -2.40. The fourth-order valence-electron chi connectivity index (χ4n) is 3.35. The summed E-state index contributed by atoms with van der Waals surface area (Å²) in [4.78, 5) is 0. The molecule has 0 radical (unpaired) electrons. The molecule has 2 unspecified atom stereocenters. The van der Waals surface area contributed by atoms with Crippen molar-refractivity contribution in [3.8, 4) is 0 Å². The first-order valence-electron chi connectivity index (χ1n) is 8.12. The fraction of sp³-hybridized carbons (Fsp3) is 1.00. The van der Waals surface area contributed by atoms with Crippen molar-refractivity contribution in [3.63, 3.8) is 0 Å². The average Bonchev–Trinajstić information content (AvgIpc) is 2.49. The molecular weight excluding hydrogens is 290 g/mol. The minimum atomic E-state index is -3.36. The lowest BCUT2D eigenvalue weighted by Crippen LogP contribution is -2.55. The van der Waals surface area contributed by atoms with E-state index in [2.05, 4.69) is 5.32 Å². The highest BCUT2D eigenvalue weighted by molar-refractivity contribution is 7.86. The Kier molecular flexibility index (Phi) is 6.43. The average molecular weight is 319 g/mol. The Morgan fingerprint density at radius 3 is 2.71 bits per heavy atom. The van der Waals surface area contributed by atoms with Gasteiger partial charge in [0.05, 0.1) is 6.10 Å². The Labute approximate surface area is 129 Å². The summed E-state index contributed by atoms with van der Waals surface area (Å²) in [6, 6.07) is 0.0845. The maximum Gasteiger partial charge on any atom is 0.282 e. The predicted molar refractivity (Wildman–Crippen MR) is 83.4 cm³/mol. The second kappa shape index (κ2) is 7.87. The lowest BCUT2D eigenvalue weighted by atomic mass is 10.1. The smallest absolute Gasteiger partial charge is 0.282 e. The molecule has 0 aliphatic carbocycles. The molecule has 0 bridgehead atoms. The number of nitrogens with zero attached hydrogens (tertiary/aromatic N) is 2. The molecule has 2 fully saturated rings. The van der Waals surface area contributed by atoms with E-state index in [9.17, 15) is 8.42 Å². The van der Waals surface area contributed by atoms with Crippen LogP contribution in [0.15, 0.2) is 0 Å². The van der Waals surface area contributed by atoms with Crippen molar-refractivity contribution in [1.82, 2.24) is 13.9 Å². The van der Waals surface area contributed by atoms with Crippen molar-refractivity contribution in [2.75, 3.05) is 39.8 Å². The van der Waals surface area contributed by atoms with E-state index in [0.29, 0.717) is 26.2 Å². The Morgan fingerprint density at radius 1 is 1.19 bits per heavy atom. The highest BCUT2D eigenvalue weighted by Crippen LogP contribution is 2.25. The van der Waals surface area contributed by atoms with Gasteiger partial charge in [0, 0.05) is 38.8 Å². The Morgan fingerprint density at radius 2 is 2.00 bits per heavy atom. The van der Waals surface area contributed by atoms with Crippen LogP contribution in [0.4, 0.5) is 0 Å². The third kappa shape index (κ3) is 4.16. The quantitative estimate of drug-likeness (QED) is 0.787. The number of likely N-dealkylation sites (N-methyl/N-ethyl adjacent to an activating group) is 1. The van der Waals surface area contributed by atoms with Gasteiger partial charge in [-0.15, -0.1) is 0 Å². The summed E-state index contributed by atoms with van der Waals surface area (Å²) in [6.45, 7) is 5.09. The van der Waals surface area contributed by atoms with Crippen LogP contribution in [-0.4, -0.2) is 69.0 Å². The van der Waals surface area contributed by atoms with Gasteiger partial charge in [-0.3, -0.25) is 0 Å². The molecule has 2 rings (SSSR count). The van der Waals surface area contributed by atoms with Gasteiger partial charge >= 0.3 is 0 Å². The van der Waals surface area contributed by atoms with E-state index in [1.54, 1.807) is 8.61 Å². The van der Waals surface area contributed by atoms with E-state index in [0.717, 1.165) is 38.6 Å². The maximum atomic E-state index is 12.9. The van der Waals surface area contributed by atoms with Gasteiger partial charge in [0.15, 0.2) is 0 Å². The van der Waals surface area contributed by atoms with Gasteiger partial charge in [0.25, 0.3) is 10.2 Å². The van der Waals surface area contributed by atoms with Gasteiger partial charge in [-0.05, 0) is 39.7 Å². The molecule has 0 spiro atoms. The van der Waals surface area contributed by atoms with Crippen LogP contribution in [0.5, 0.6) is 0 Å². The van der Waals surface area contributed by atoms with Crippen LogP contribution in [0.25, 0.3) is 0 Å². The number of ether oxygens (including phenoxy) is 1. The van der Waals surface area contributed by atoms with Crippen molar-refractivity contribution in [2.24, 2.45) is 0 Å². The topological polar surface area (TPSA) is 61.9 Å². The number of hydrogen-bond donors (Lipinski definition) is 1. The van der Waals surface area contributed by atoms with Crippen molar-refractivity contribution in [1.29, 1.82) is 0 Å². The molecule has 0 aromatic carbocycles. The molecule has 7 heteroatoms. The number of hydrogen-bond acceptors (Lipinski definition) is 4. The molecule has 2 aliphatic rings. The van der Waals surface area contributed by atoms with Crippen LogP contribution in [0, 0.1) is 0 Å². The van der Waals surface area contributed by atoms with E-state index in [-0.39, 0.29) is 12.1 Å². The van der Waals surface area contributed by atoms with Crippen LogP contribution < -0.4 is 5.32 Å². The Bertz CT molecular complexity index is 412. The summed E-state index contributed by atoms with van der Waals surface area (Å²) in [5, 5.41) is 3.12. The van der Waals surface area contributed by atoms with Crippen molar-refractivity contribution < 1.29 is 13.2 Å². The molecule has 2 heterocycles. The highest BCUT2D eigenvalue weighted by Gasteiger charge is 2.38. The summed E-state index contributed by atoms with van der Waals surface area (Å²) in [6.07, 6.45) is 4.91. The zero-order valence-electron chi connectivity index (χ0n) is 13.3. The first kappa shape index (κ1) is 17.1. The first-order valence-corrected chi connectivity index (χ1v) is 9.52. The van der Waals surface area contributed by atoms with Crippen molar-refractivity contribution in [3.05, 3.63) is 0 Å². The van der Waals surface area contributed by atoms with E-state index in [1.807, 2.05) is 14.0 Å². The summed E-state index contributed by atoms with van der Waals surface area (Å²) in [5.41, 5.74) is 0. The van der Waals surface area contributed by atoms with Crippen LogP contribution in [0.3, 0.4) is 0 Å². The number of rotatable bonds is 6. The molecule has 6 nitrogen and oxygen atoms in total. The predicted octanol–water partition coefficient (Wildman–Crippen LogP) is 0.806. The molecule has 0 aromatic heterocycles. The van der Waals surface area contributed by atoms with E-state index in [1.165, 1.54) is 0 Å². The third-order valence-corrected chi connectivity index (χ3v) is 6.44. The van der Waals surface area contributed by atoms with Crippen LogP contribution in [-0.2, 0) is 14.9 Å². The Balaban J connectivity index is 2.08. The molecule has 21 heavy (non-hydrogen) atoms. The maximum absolute atomic E-state index is 12.9. The zero-order valence-corrected chi connectivity index (χ0v) is 14.1. The molecular formula is C14H29N3O3S. The van der Waals surface area contributed by atoms with Gasteiger partial charge < -0.3 is 10.1 Å². The number of piperidine rings is 2. The monoisotopic (exact) mass is 319 g/mol. The summed E-state index contributed by atoms with van der Waals surface area (Å²) in [5.74, 6) is 0. The second-order valence-corrected chi connectivity index (χ2v) is 7.78.